The highest BCUT2D eigenvalue weighted by molar-refractivity contribution is 6.32. The van der Waals surface area contributed by atoms with Crippen LogP contribution in [0.5, 0.6) is 0 Å². The number of likely N-dealkylation sites (tertiary alicyclic amines) is 1. The van der Waals surface area contributed by atoms with Crippen LogP contribution in [0.25, 0.3) is 5.69 Å². The van der Waals surface area contributed by atoms with E-state index in [2.05, 4.69) is 28.1 Å². The fourth-order valence-electron chi connectivity index (χ4n) is 2.91. The van der Waals surface area contributed by atoms with Crippen LogP contribution in [0.3, 0.4) is 0 Å². The van der Waals surface area contributed by atoms with E-state index in [4.69, 9.17) is 17.3 Å². The standard InChI is InChI=1S/C14H18ClN5/c1-19-7-10(6-16)4-14(19)11-2-3-13(12(15)5-11)20-9-17-8-18-20/h2-3,5,8-10,14H,4,6-7,16H2,1H3. The molecule has 2 heterocycles. The molecule has 0 aliphatic carbocycles. The zero-order valence-electron chi connectivity index (χ0n) is 11.4. The lowest BCUT2D eigenvalue weighted by atomic mass is 10.00. The third-order valence-electron chi connectivity index (χ3n) is 3.99. The molecule has 2 unspecified atom stereocenters. The van der Waals surface area contributed by atoms with E-state index >= 15 is 0 Å². The van der Waals surface area contributed by atoms with Crippen molar-refractivity contribution < 1.29 is 0 Å². The second-order valence-electron chi connectivity index (χ2n) is 5.34. The number of hydrogen-bond donors (Lipinski definition) is 1. The van der Waals surface area contributed by atoms with Gasteiger partial charge in [0.25, 0.3) is 0 Å². The molecule has 1 aromatic heterocycles. The van der Waals surface area contributed by atoms with Gasteiger partial charge in [0.15, 0.2) is 0 Å². The maximum atomic E-state index is 6.39. The van der Waals surface area contributed by atoms with Gasteiger partial charge >= 0.3 is 0 Å². The Labute approximate surface area is 123 Å². The molecule has 6 heteroatoms. The van der Waals surface area contributed by atoms with Crippen molar-refractivity contribution in [3.05, 3.63) is 41.4 Å². The molecule has 0 radical (unpaired) electrons. The van der Waals surface area contributed by atoms with Crippen LogP contribution in [-0.4, -0.2) is 39.8 Å². The third kappa shape index (κ3) is 2.44. The first-order valence-electron chi connectivity index (χ1n) is 6.73. The number of halogens is 1. The first-order chi connectivity index (χ1) is 9.69. The summed E-state index contributed by atoms with van der Waals surface area (Å²) in [6, 6.07) is 6.53. The summed E-state index contributed by atoms with van der Waals surface area (Å²) >= 11 is 6.39. The number of hydrogen-bond acceptors (Lipinski definition) is 4. The van der Waals surface area contributed by atoms with Gasteiger partial charge in [-0.15, -0.1) is 0 Å². The van der Waals surface area contributed by atoms with E-state index in [9.17, 15) is 0 Å². The predicted octanol–water partition coefficient (Wildman–Crippen LogP) is 1.87. The Morgan fingerprint density at radius 2 is 2.30 bits per heavy atom. The maximum absolute atomic E-state index is 6.39. The summed E-state index contributed by atoms with van der Waals surface area (Å²) in [5.74, 6) is 0.568. The van der Waals surface area contributed by atoms with Crippen LogP contribution in [-0.2, 0) is 0 Å². The zero-order valence-corrected chi connectivity index (χ0v) is 12.2. The van der Waals surface area contributed by atoms with Crippen LogP contribution >= 0.6 is 11.6 Å². The summed E-state index contributed by atoms with van der Waals surface area (Å²) in [5, 5.41) is 4.80. The highest BCUT2D eigenvalue weighted by atomic mass is 35.5. The average molecular weight is 292 g/mol. The maximum Gasteiger partial charge on any atom is 0.138 e. The summed E-state index contributed by atoms with van der Waals surface area (Å²) < 4.78 is 1.67. The smallest absolute Gasteiger partial charge is 0.138 e. The van der Waals surface area contributed by atoms with Gasteiger partial charge in [-0.1, -0.05) is 17.7 Å². The fourth-order valence-corrected chi connectivity index (χ4v) is 3.19. The van der Waals surface area contributed by atoms with Crippen molar-refractivity contribution in [1.29, 1.82) is 0 Å². The van der Waals surface area contributed by atoms with Gasteiger partial charge in [-0.3, -0.25) is 4.90 Å². The summed E-state index contributed by atoms with van der Waals surface area (Å²) in [5.41, 5.74) is 7.87. The SMILES string of the molecule is CN1CC(CN)CC1c1ccc(-n2cncn2)c(Cl)c1. The molecular weight excluding hydrogens is 274 g/mol. The van der Waals surface area contributed by atoms with Crippen LogP contribution in [0, 0.1) is 5.92 Å². The van der Waals surface area contributed by atoms with Gasteiger partial charge in [0.1, 0.15) is 12.7 Å². The van der Waals surface area contributed by atoms with E-state index in [1.165, 1.54) is 11.9 Å². The molecule has 20 heavy (non-hydrogen) atoms. The highest BCUT2D eigenvalue weighted by Gasteiger charge is 2.29. The first kappa shape index (κ1) is 13.5. The van der Waals surface area contributed by atoms with Gasteiger partial charge in [0.05, 0.1) is 10.7 Å². The molecule has 0 spiro atoms. The number of nitrogens with two attached hydrogens (primary N) is 1. The normalized spacial score (nSPS) is 23.4. The summed E-state index contributed by atoms with van der Waals surface area (Å²) in [4.78, 5) is 6.29. The average Bonchev–Trinajstić information content (AvgIpc) is 3.07. The molecule has 106 valence electrons. The number of benzene rings is 1. The Kier molecular flexibility index (Phi) is 3.74. The van der Waals surface area contributed by atoms with E-state index in [0.29, 0.717) is 17.0 Å². The van der Waals surface area contributed by atoms with E-state index in [0.717, 1.165) is 25.2 Å². The summed E-state index contributed by atoms with van der Waals surface area (Å²) in [6.45, 7) is 1.79. The Morgan fingerprint density at radius 3 is 2.90 bits per heavy atom. The molecule has 1 aliphatic rings. The van der Waals surface area contributed by atoms with Crippen molar-refractivity contribution in [3.63, 3.8) is 0 Å². The second kappa shape index (κ2) is 5.52. The van der Waals surface area contributed by atoms with E-state index in [1.807, 2.05) is 12.1 Å². The lowest BCUT2D eigenvalue weighted by molar-refractivity contribution is 0.313. The van der Waals surface area contributed by atoms with Crippen molar-refractivity contribution in [2.45, 2.75) is 12.5 Å². The Morgan fingerprint density at radius 1 is 1.45 bits per heavy atom. The topological polar surface area (TPSA) is 60.0 Å². The van der Waals surface area contributed by atoms with Crippen LogP contribution in [0.1, 0.15) is 18.0 Å². The van der Waals surface area contributed by atoms with Gasteiger partial charge in [0, 0.05) is 12.6 Å². The Hall–Kier alpha value is -1.43. The molecule has 3 rings (SSSR count). The Bertz CT molecular complexity index is 583. The summed E-state index contributed by atoms with van der Waals surface area (Å²) in [6.07, 6.45) is 4.24. The van der Waals surface area contributed by atoms with Gasteiger partial charge in [-0.05, 0) is 43.6 Å². The molecule has 0 saturated carbocycles. The van der Waals surface area contributed by atoms with Crippen molar-refractivity contribution in [3.8, 4) is 5.69 Å². The number of nitrogens with zero attached hydrogens (tertiary/aromatic N) is 4. The molecule has 2 atom stereocenters. The lowest BCUT2D eigenvalue weighted by Gasteiger charge is -2.20. The molecule has 5 nitrogen and oxygen atoms in total. The molecule has 1 saturated heterocycles. The van der Waals surface area contributed by atoms with Crippen LogP contribution in [0.2, 0.25) is 5.02 Å². The minimum Gasteiger partial charge on any atom is -0.330 e. The largest absolute Gasteiger partial charge is 0.330 e. The monoisotopic (exact) mass is 291 g/mol. The van der Waals surface area contributed by atoms with E-state index in [-0.39, 0.29) is 0 Å². The predicted molar refractivity (Wildman–Crippen MR) is 78.9 cm³/mol. The third-order valence-corrected chi connectivity index (χ3v) is 4.29. The minimum atomic E-state index is 0.394. The van der Waals surface area contributed by atoms with Gasteiger partial charge in [-0.25, -0.2) is 9.67 Å². The van der Waals surface area contributed by atoms with Crippen molar-refractivity contribution >= 4 is 11.6 Å². The van der Waals surface area contributed by atoms with Crippen molar-refractivity contribution in [1.82, 2.24) is 19.7 Å². The number of aromatic nitrogens is 3. The van der Waals surface area contributed by atoms with Gasteiger partial charge < -0.3 is 5.73 Å². The Balaban J connectivity index is 1.88. The first-order valence-corrected chi connectivity index (χ1v) is 7.11. The van der Waals surface area contributed by atoms with E-state index in [1.54, 1.807) is 11.0 Å². The molecule has 1 aliphatic heterocycles. The molecular formula is C14H18ClN5. The second-order valence-corrected chi connectivity index (χ2v) is 5.75. The summed E-state index contributed by atoms with van der Waals surface area (Å²) in [7, 11) is 2.14. The zero-order chi connectivity index (χ0) is 14.1. The van der Waals surface area contributed by atoms with Gasteiger partial charge in [0.2, 0.25) is 0 Å². The molecule has 2 N–H and O–H groups in total. The van der Waals surface area contributed by atoms with Crippen molar-refractivity contribution in [2.24, 2.45) is 11.7 Å². The highest BCUT2D eigenvalue weighted by Crippen LogP contribution is 2.35. The van der Waals surface area contributed by atoms with Crippen LogP contribution < -0.4 is 5.73 Å². The minimum absolute atomic E-state index is 0.394. The quantitative estimate of drug-likeness (QED) is 0.938. The van der Waals surface area contributed by atoms with Crippen LogP contribution in [0.15, 0.2) is 30.9 Å². The number of rotatable bonds is 3. The molecule has 0 amide bonds. The molecule has 0 bridgehead atoms. The molecule has 1 fully saturated rings. The van der Waals surface area contributed by atoms with Gasteiger partial charge in [-0.2, -0.15) is 5.10 Å². The van der Waals surface area contributed by atoms with E-state index < -0.39 is 0 Å². The fraction of sp³-hybridized carbons (Fsp3) is 0.429. The molecule has 1 aromatic carbocycles. The van der Waals surface area contributed by atoms with Crippen molar-refractivity contribution in [2.75, 3.05) is 20.1 Å². The van der Waals surface area contributed by atoms with Crippen LogP contribution in [0.4, 0.5) is 0 Å². The molecule has 2 aromatic rings. The lowest BCUT2D eigenvalue weighted by Crippen LogP contribution is -2.20.